The molecular formula is C23H22ClFN4O5S. The summed E-state index contributed by atoms with van der Waals surface area (Å²) in [6.07, 6.45) is 3.73. The van der Waals surface area contributed by atoms with Gasteiger partial charge in [-0.1, -0.05) is 23.7 Å². The lowest BCUT2D eigenvalue weighted by Crippen LogP contribution is -2.46. The number of halogens is 2. The van der Waals surface area contributed by atoms with Crippen molar-refractivity contribution >= 4 is 40.7 Å². The molecule has 2 aliphatic rings. The highest BCUT2D eigenvalue weighted by Gasteiger charge is 2.35. The summed E-state index contributed by atoms with van der Waals surface area (Å²) in [5.74, 6) is -1.89. The molecule has 1 aromatic heterocycles. The highest BCUT2D eigenvalue weighted by atomic mass is 35.5. The molecular weight excluding hydrogens is 499 g/mol. The number of carbonyl (C=O) groups is 2. The Balaban J connectivity index is 1.74. The maximum atomic E-state index is 14.3. The number of nitrogens with one attached hydrogen (secondary N) is 1. The van der Waals surface area contributed by atoms with E-state index in [1.165, 1.54) is 36.7 Å². The van der Waals surface area contributed by atoms with Crippen molar-refractivity contribution in [3.63, 3.8) is 0 Å². The monoisotopic (exact) mass is 520 g/mol. The largest absolute Gasteiger partial charge is 0.478 e. The molecule has 0 bridgehead atoms. The molecule has 4 rings (SSSR count). The van der Waals surface area contributed by atoms with Gasteiger partial charge in [-0.3, -0.25) is 9.89 Å². The topological polar surface area (TPSA) is 113 Å². The number of esters is 1. The van der Waals surface area contributed by atoms with Crippen LogP contribution in [0.25, 0.3) is 0 Å². The molecule has 0 aliphatic carbocycles. The van der Waals surface area contributed by atoms with Crippen molar-refractivity contribution in [2.45, 2.75) is 12.1 Å². The van der Waals surface area contributed by atoms with Gasteiger partial charge in [-0.05, 0) is 12.1 Å². The maximum Gasteiger partial charge on any atom is 0.338 e. The first-order chi connectivity index (χ1) is 16.9. The number of amidine groups is 1. The average molecular weight is 521 g/mol. The van der Waals surface area contributed by atoms with Crippen molar-refractivity contribution in [3.05, 3.63) is 74.6 Å². The number of carbonyl (C=O) groups excluding carboxylic acids is 1. The van der Waals surface area contributed by atoms with Crippen molar-refractivity contribution in [2.24, 2.45) is 4.99 Å². The predicted molar refractivity (Wildman–Crippen MR) is 128 cm³/mol. The van der Waals surface area contributed by atoms with Crippen LogP contribution >= 0.6 is 22.9 Å². The van der Waals surface area contributed by atoms with Gasteiger partial charge in [0, 0.05) is 48.5 Å². The number of carboxylic acids is 1. The minimum atomic E-state index is -1.06. The van der Waals surface area contributed by atoms with E-state index >= 15 is 0 Å². The van der Waals surface area contributed by atoms with E-state index in [-0.39, 0.29) is 17.1 Å². The summed E-state index contributed by atoms with van der Waals surface area (Å²) < 4.78 is 25.0. The summed E-state index contributed by atoms with van der Waals surface area (Å²) in [7, 11) is 1.26. The van der Waals surface area contributed by atoms with Gasteiger partial charge in [0.1, 0.15) is 11.9 Å². The number of rotatable bonds is 7. The Hall–Kier alpha value is -3.12. The van der Waals surface area contributed by atoms with Gasteiger partial charge in [0.15, 0.2) is 10.8 Å². The van der Waals surface area contributed by atoms with Gasteiger partial charge >= 0.3 is 11.9 Å². The zero-order valence-electron chi connectivity index (χ0n) is 18.6. The zero-order valence-corrected chi connectivity index (χ0v) is 20.2. The number of carboxylic acid groups (broad SMARTS) is 1. The normalized spacial score (nSPS) is 21.1. The number of aliphatic carboxylic acids is 1. The lowest BCUT2D eigenvalue weighted by atomic mass is 9.95. The number of morpholine rings is 1. The molecule has 2 atom stereocenters. The molecule has 1 fully saturated rings. The Kier molecular flexibility index (Phi) is 7.91. The SMILES string of the molecule is COC(=O)C1=C(CN2CCO[C@H](/C=C/C(=O)O)C2)NC(c2nccs2)=N[C@H]1c1cccc(F)c1Cl. The molecule has 2 aliphatic heterocycles. The Bertz CT molecular complexity index is 1200. The number of thiazole rings is 1. The van der Waals surface area contributed by atoms with Crippen LogP contribution in [0.2, 0.25) is 5.02 Å². The van der Waals surface area contributed by atoms with Gasteiger partial charge in [-0.2, -0.15) is 0 Å². The Morgan fingerprint density at radius 3 is 3.00 bits per heavy atom. The molecule has 3 heterocycles. The van der Waals surface area contributed by atoms with Crippen molar-refractivity contribution < 1.29 is 28.6 Å². The van der Waals surface area contributed by atoms with E-state index in [1.54, 1.807) is 17.6 Å². The minimum Gasteiger partial charge on any atom is -0.478 e. The summed E-state index contributed by atoms with van der Waals surface area (Å²) in [4.78, 5) is 34.9. The van der Waals surface area contributed by atoms with Gasteiger partial charge in [-0.15, -0.1) is 11.3 Å². The highest BCUT2D eigenvalue weighted by molar-refractivity contribution is 7.11. The third-order valence-corrected chi connectivity index (χ3v) is 6.63. The fraction of sp³-hybridized carbons (Fsp3) is 0.304. The van der Waals surface area contributed by atoms with Crippen LogP contribution in [0.5, 0.6) is 0 Å². The van der Waals surface area contributed by atoms with Gasteiger partial charge < -0.3 is 19.9 Å². The molecule has 0 spiro atoms. The second-order valence-electron chi connectivity index (χ2n) is 7.71. The third kappa shape index (κ3) is 5.76. The van der Waals surface area contributed by atoms with E-state index in [1.807, 2.05) is 4.90 Å². The Morgan fingerprint density at radius 2 is 2.29 bits per heavy atom. The molecule has 0 radical (unpaired) electrons. The van der Waals surface area contributed by atoms with Crippen LogP contribution in [0.1, 0.15) is 16.6 Å². The molecule has 12 heteroatoms. The van der Waals surface area contributed by atoms with E-state index in [4.69, 9.17) is 26.2 Å². The molecule has 0 saturated carbocycles. The van der Waals surface area contributed by atoms with Crippen LogP contribution in [-0.4, -0.2) is 72.2 Å². The lowest BCUT2D eigenvalue weighted by Gasteiger charge is -2.34. The molecule has 0 amide bonds. The molecule has 2 N–H and O–H groups in total. The lowest BCUT2D eigenvalue weighted by molar-refractivity contribution is -0.136. The molecule has 0 unspecified atom stereocenters. The van der Waals surface area contributed by atoms with Gasteiger partial charge in [0.25, 0.3) is 0 Å². The first-order valence-corrected chi connectivity index (χ1v) is 11.9. The maximum absolute atomic E-state index is 14.3. The van der Waals surface area contributed by atoms with Crippen LogP contribution < -0.4 is 5.32 Å². The summed E-state index contributed by atoms with van der Waals surface area (Å²) in [6.45, 7) is 1.60. The number of hydrogen-bond acceptors (Lipinski definition) is 9. The number of hydrogen-bond donors (Lipinski definition) is 2. The third-order valence-electron chi connectivity index (χ3n) is 5.46. The summed E-state index contributed by atoms with van der Waals surface area (Å²) in [5.41, 5.74) is 1.03. The summed E-state index contributed by atoms with van der Waals surface area (Å²) in [5, 5.41) is 14.4. The van der Waals surface area contributed by atoms with E-state index in [0.717, 1.165) is 6.08 Å². The van der Waals surface area contributed by atoms with Crippen molar-refractivity contribution in [1.29, 1.82) is 0 Å². The summed E-state index contributed by atoms with van der Waals surface area (Å²) in [6, 6.07) is 3.43. The second-order valence-corrected chi connectivity index (χ2v) is 8.98. The predicted octanol–water partition coefficient (Wildman–Crippen LogP) is 2.80. The zero-order chi connectivity index (χ0) is 24.9. The first kappa shape index (κ1) is 25.0. The molecule has 2 aromatic rings. The van der Waals surface area contributed by atoms with Crippen molar-refractivity contribution in [3.8, 4) is 0 Å². The number of aliphatic imine (C=N–C) groups is 1. The molecule has 1 aromatic carbocycles. The number of aromatic nitrogens is 1. The molecule has 184 valence electrons. The Morgan fingerprint density at radius 1 is 1.46 bits per heavy atom. The fourth-order valence-corrected chi connectivity index (χ4v) is 4.70. The molecule has 9 nitrogen and oxygen atoms in total. The van der Waals surface area contributed by atoms with E-state index in [2.05, 4.69) is 15.3 Å². The standard InChI is InChI=1S/C23H22ClFN4O5S/c1-33-23(32)18-16(12-29-8-9-34-13(11-29)5-6-17(30)31)27-21(22-26-7-10-35-22)28-20(18)14-3-2-4-15(25)19(14)24/h2-7,10,13,20H,8-9,11-12H2,1H3,(H,27,28)(H,30,31)/b6-5+/t13-,20+/m1/s1. The minimum absolute atomic E-state index is 0.132. The van der Waals surface area contributed by atoms with Crippen LogP contribution in [0.15, 0.2) is 58.2 Å². The van der Waals surface area contributed by atoms with Crippen LogP contribution in [0, 0.1) is 5.82 Å². The Labute approximate surface area is 209 Å². The average Bonchev–Trinajstić information content (AvgIpc) is 3.39. The van der Waals surface area contributed by atoms with Crippen molar-refractivity contribution in [1.82, 2.24) is 15.2 Å². The molecule has 35 heavy (non-hydrogen) atoms. The number of nitrogens with zero attached hydrogens (tertiary/aromatic N) is 3. The number of ether oxygens (including phenoxy) is 2. The number of benzene rings is 1. The van der Waals surface area contributed by atoms with E-state index in [9.17, 15) is 14.0 Å². The van der Waals surface area contributed by atoms with Crippen LogP contribution in [0.3, 0.4) is 0 Å². The number of methoxy groups -OCH3 is 1. The van der Waals surface area contributed by atoms with Gasteiger partial charge in [-0.25, -0.2) is 19.0 Å². The fourth-order valence-electron chi connectivity index (χ4n) is 3.88. The second kappa shape index (κ2) is 11.1. The van der Waals surface area contributed by atoms with Crippen molar-refractivity contribution in [2.75, 3.05) is 33.4 Å². The van der Waals surface area contributed by atoms with E-state index in [0.29, 0.717) is 41.8 Å². The molecule has 1 saturated heterocycles. The van der Waals surface area contributed by atoms with Crippen LogP contribution in [-0.2, 0) is 19.1 Å². The quantitative estimate of drug-likeness (QED) is 0.423. The highest BCUT2D eigenvalue weighted by Crippen LogP contribution is 2.37. The van der Waals surface area contributed by atoms with E-state index < -0.39 is 29.9 Å². The van der Waals surface area contributed by atoms with Crippen LogP contribution in [0.4, 0.5) is 4.39 Å². The summed E-state index contributed by atoms with van der Waals surface area (Å²) >= 11 is 7.66. The first-order valence-electron chi connectivity index (χ1n) is 10.6. The smallest absolute Gasteiger partial charge is 0.338 e. The van der Waals surface area contributed by atoms with Gasteiger partial charge in [0.05, 0.1) is 30.4 Å². The van der Waals surface area contributed by atoms with Gasteiger partial charge in [0.2, 0.25) is 0 Å².